The number of hydrogen-bond acceptors (Lipinski definition) is 4. The SMILES string of the molecule is C[C@@H]1CCCCN1C(=O)c1coc(COc2ccc(F)cc2Cl)n1. The zero-order valence-electron chi connectivity index (χ0n) is 13.3. The molecule has 1 fully saturated rings. The van der Waals surface area contributed by atoms with E-state index in [1.165, 1.54) is 24.5 Å². The van der Waals surface area contributed by atoms with Crippen LogP contribution in [0.15, 0.2) is 28.9 Å². The predicted octanol–water partition coefficient (Wildman–Crippen LogP) is 4.06. The van der Waals surface area contributed by atoms with Crippen LogP contribution in [-0.2, 0) is 6.61 Å². The first-order chi connectivity index (χ1) is 11.5. The number of halogens is 2. The molecule has 1 aliphatic heterocycles. The van der Waals surface area contributed by atoms with Gasteiger partial charge >= 0.3 is 0 Å². The van der Waals surface area contributed by atoms with Crippen LogP contribution >= 0.6 is 11.6 Å². The second-order valence-corrected chi connectivity index (χ2v) is 6.24. The molecule has 1 saturated heterocycles. The van der Waals surface area contributed by atoms with Gasteiger partial charge in [-0.15, -0.1) is 0 Å². The number of likely N-dealkylation sites (tertiary alicyclic amines) is 1. The molecule has 0 spiro atoms. The van der Waals surface area contributed by atoms with Crippen molar-refractivity contribution < 1.29 is 18.3 Å². The summed E-state index contributed by atoms with van der Waals surface area (Å²) < 4.78 is 23.8. The van der Waals surface area contributed by atoms with Crippen molar-refractivity contribution in [2.75, 3.05) is 6.54 Å². The molecule has 24 heavy (non-hydrogen) atoms. The van der Waals surface area contributed by atoms with Gasteiger partial charge in [0.2, 0.25) is 5.89 Å². The van der Waals surface area contributed by atoms with E-state index in [1.54, 1.807) is 0 Å². The Labute approximate surface area is 144 Å². The molecular weight excluding hydrogens is 335 g/mol. The number of amides is 1. The number of ether oxygens (including phenoxy) is 1. The quantitative estimate of drug-likeness (QED) is 0.832. The zero-order valence-corrected chi connectivity index (χ0v) is 14.1. The summed E-state index contributed by atoms with van der Waals surface area (Å²) in [5.41, 5.74) is 0.271. The Morgan fingerprint density at radius 1 is 1.50 bits per heavy atom. The first-order valence-corrected chi connectivity index (χ1v) is 8.25. The lowest BCUT2D eigenvalue weighted by Gasteiger charge is -2.32. The molecule has 0 saturated carbocycles. The average molecular weight is 353 g/mol. The monoisotopic (exact) mass is 352 g/mol. The molecule has 1 aromatic carbocycles. The molecule has 0 N–H and O–H groups in total. The van der Waals surface area contributed by atoms with Crippen LogP contribution in [0, 0.1) is 5.82 Å². The first kappa shape index (κ1) is 16.8. The molecule has 3 rings (SSSR count). The first-order valence-electron chi connectivity index (χ1n) is 7.88. The third kappa shape index (κ3) is 3.70. The number of rotatable bonds is 4. The lowest BCUT2D eigenvalue weighted by molar-refractivity contribution is 0.0629. The second kappa shape index (κ2) is 7.21. The van der Waals surface area contributed by atoms with Gasteiger partial charge in [0.1, 0.15) is 17.8 Å². The third-order valence-electron chi connectivity index (χ3n) is 4.08. The summed E-state index contributed by atoms with van der Waals surface area (Å²) in [6, 6.07) is 4.06. The summed E-state index contributed by atoms with van der Waals surface area (Å²) in [6.07, 6.45) is 4.49. The molecule has 2 aromatic rings. The van der Waals surface area contributed by atoms with Crippen LogP contribution in [0.3, 0.4) is 0 Å². The Morgan fingerprint density at radius 3 is 3.08 bits per heavy atom. The van der Waals surface area contributed by atoms with Gasteiger partial charge in [-0.25, -0.2) is 9.37 Å². The van der Waals surface area contributed by atoms with Gasteiger partial charge in [-0.2, -0.15) is 0 Å². The summed E-state index contributed by atoms with van der Waals surface area (Å²) in [5.74, 6) is 0.0289. The van der Waals surface area contributed by atoms with Crippen molar-refractivity contribution in [2.24, 2.45) is 0 Å². The van der Waals surface area contributed by atoms with E-state index in [2.05, 4.69) is 4.98 Å². The minimum Gasteiger partial charge on any atom is -0.482 e. The predicted molar refractivity (Wildman–Crippen MR) is 86.6 cm³/mol. The van der Waals surface area contributed by atoms with Crippen molar-refractivity contribution in [3.05, 3.63) is 46.9 Å². The molecule has 5 nitrogen and oxygen atoms in total. The maximum atomic E-state index is 13.0. The molecule has 0 radical (unpaired) electrons. The third-order valence-corrected chi connectivity index (χ3v) is 4.38. The van der Waals surface area contributed by atoms with Crippen LogP contribution in [0.4, 0.5) is 4.39 Å². The van der Waals surface area contributed by atoms with E-state index >= 15 is 0 Å². The topological polar surface area (TPSA) is 55.6 Å². The maximum Gasteiger partial charge on any atom is 0.276 e. The molecule has 0 bridgehead atoms. The normalized spacial score (nSPS) is 17.8. The van der Waals surface area contributed by atoms with Gasteiger partial charge in [0.15, 0.2) is 12.3 Å². The van der Waals surface area contributed by atoms with Crippen molar-refractivity contribution in [3.8, 4) is 5.75 Å². The number of hydrogen-bond donors (Lipinski definition) is 0. The highest BCUT2D eigenvalue weighted by atomic mass is 35.5. The molecule has 1 amide bonds. The summed E-state index contributed by atoms with van der Waals surface area (Å²) in [7, 11) is 0. The Kier molecular flexibility index (Phi) is 5.04. The van der Waals surface area contributed by atoms with Crippen LogP contribution in [0.5, 0.6) is 5.75 Å². The standard InChI is InChI=1S/C17H18ClFN2O3/c1-11-4-2-3-7-21(11)17(22)14-9-24-16(20-14)10-23-15-6-5-12(19)8-13(15)18/h5-6,8-9,11H,2-4,7,10H2,1H3/t11-/m1/s1. The van der Waals surface area contributed by atoms with Gasteiger partial charge in [0.25, 0.3) is 5.91 Å². The van der Waals surface area contributed by atoms with Crippen LogP contribution in [-0.4, -0.2) is 28.4 Å². The van der Waals surface area contributed by atoms with Crippen molar-refractivity contribution in [1.82, 2.24) is 9.88 Å². The summed E-state index contributed by atoms with van der Waals surface area (Å²) >= 11 is 5.89. The van der Waals surface area contributed by atoms with E-state index in [0.29, 0.717) is 5.75 Å². The van der Waals surface area contributed by atoms with E-state index in [1.807, 2.05) is 11.8 Å². The number of aromatic nitrogens is 1. The van der Waals surface area contributed by atoms with Crippen LogP contribution in [0.1, 0.15) is 42.6 Å². The molecular formula is C17H18ClFN2O3. The van der Waals surface area contributed by atoms with Gasteiger partial charge in [-0.05, 0) is 44.4 Å². The van der Waals surface area contributed by atoms with Crippen molar-refractivity contribution in [3.63, 3.8) is 0 Å². The van der Waals surface area contributed by atoms with Gasteiger partial charge in [0.05, 0.1) is 5.02 Å². The Balaban J connectivity index is 1.63. The largest absolute Gasteiger partial charge is 0.482 e. The lowest BCUT2D eigenvalue weighted by atomic mass is 10.0. The van der Waals surface area contributed by atoms with Gasteiger partial charge in [0, 0.05) is 12.6 Å². The minimum atomic E-state index is -0.438. The lowest BCUT2D eigenvalue weighted by Crippen LogP contribution is -2.42. The number of oxazole rings is 1. The highest BCUT2D eigenvalue weighted by Crippen LogP contribution is 2.26. The van der Waals surface area contributed by atoms with E-state index in [0.717, 1.165) is 25.8 Å². The average Bonchev–Trinajstić information content (AvgIpc) is 3.03. The Hall–Kier alpha value is -2.08. The molecule has 0 unspecified atom stereocenters. The van der Waals surface area contributed by atoms with Crippen molar-refractivity contribution in [1.29, 1.82) is 0 Å². The zero-order chi connectivity index (χ0) is 17.1. The summed E-state index contributed by atoms with van der Waals surface area (Å²) in [4.78, 5) is 18.5. The fourth-order valence-corrected chi connectivity index (χ4v) is 2.98. The van der Waals surface area contributed by atoms with Gasteiger partial charge < -0.3 is 14.1 Å². The maximum absolute atomic E-state index is 13.0. The Morgan fingerprint density at radius 2 is 2.33 bits per heavy atom. The van der Waals surface area contributed by atoms with Crippen LogP contribution in [0.2, 0.25) is 5.02 Å². The summed E-state index contributed by atoms with van der Waals surface area (Å²) in [6.45, 7) is 2.79. The second-order valence-electron chi connectivity index (χ2n) is 5.83. The number of benzene rings is 1. The highest BCUT2D eigenvalue weighted by Gasteiger charge is 2.26. The van der Waals surface area contributed by atoms with Crippen molar-refractivity contribution in [2.45, 2.75) is 38.8 Å². The number of nitrogens with zero attached hydrogens (tertiary/aromatic N) is 2. The summed E-state index contributed by atoms with van der Waals surface area (Å²) in [5, 5.41) is 0.167. The molecule has 2 heterocycles. The molecule has 0 aliphatic carbocycles. The van der Waals surface area contributed by atoms with Crippen LogP contribution in [0.25, 0.3) is 0 Å². The molecule has 128 valence electrons. The molecule has 7 heteroatoms. The molecule has 1 aromatic heterocycles. The fourth-order valence-electron chi connectivity index (χ4n) is 2.75. The van der Waals surface area contributed by atoms with Crippen LogP contribution < -0.4 is 4.74 Å². The Bertz CT molecular complexity index is 734. The minimum absolute atomic E-state index is 0.00812. The van der Waals surface area contributed by atoms with E-state index in [9.17, 15) is 9.18 Å². The molecule has 1 aliphatic rings. The highest BCUT2D eigenvalue weighted by molar-refractivity contribution is 6.32. The molecule has 1 atom stereocenters. The number of carbonyl (C=O) groups excluding carboxylic acids is 1. The smallest absolute Gasteiger partial charge is 0.276 e. The van der Waals surface area contributed by atoms with Gasteiger partial charge in [-0.3, -0.25) is 4.79 Å². The van der Waals surface area contributed by atoms with Crippen molar-refractivity contribution >= 4 is 17.5 Å². The fraction of sp³-hybridized carbons (Fsp3) is 0.412. The number of carbonyl (C=O) groups is 1. The van der Waals surface area contributed by atoms with E-state index in [4.69, 9.17) is 20.8 Å². The number of piperidine rings is 1. The van der Waals surface area contributed by atoms with Gasteiger partial charge in [-0.1, -0.05) is 11.6 Å². The van der Waals surface area contributed by atoms with E-state index in [-0.39, 0.29) is 35.2 Å². The van der Waals surface area contributed by atoms with E-state index < -0.39 is 5.82 Å².